The number of hydrogen-bond donors (Lipinski definition) is 0. The molecule has 0 bridgehead atoms. The fraction of sp³-hybridized carbons (Fsp3) is 1.00. The first-order valence-electron chi connectivity index (χ1n) is 3.64. The topological polar surface area (TPSA) is 36.9 Å². The molecule has 0 aromatic rings. The van der Waals surface area contributed by atoms with Crippen molar-refractivity contribution in [3.05, 3.63) is 0 Å². The molecule has 1 spiro atoms. The number of ether oxygens (including phenoxy) is 4. The summed E-state index contributed by atoms with van der Waals surface area (Å²) in [6, 6.07) is 0. The Morgan fingerprint density at radius 3 is 0.765 bits per heavy atom. The molecule has 100 valence electrons. The molecule has 12 heteroatoms. The lowest BCUT2D eigenvalue weighted by molar-refractivity contribution is -0.490. The van der Waals surface area contributed by atoms with E-state index in [1.165, 1.54) is 0 Å². The van der Waals surface area contributed by atoms with Gasteiger partial charge in [-0.1, -0.05) is 0 Å². The van der Waals surface area contributed by atoms with Crippen LogP contribution in [-0.4, -0.2) is 30.6 Å². The molecule has 2 rings (SSSR count). The molecular formula is C5F8O4. The van der Waals surface area contributed by atoms with Gasteiger partial charge in [0.05, 0.1) is 0 Å². The molecule has 17 heavy (non-hydrogen) atoms. The second-order valence-electron chi connectivity index (χ2n) is 2.98. The molecule has 0 N–H and O–H groups in total. The quantitative estimate of drug-likeness (QED) is 0.635. The average Bonchev–Trinajstić information content (AvgIpc) is 2.21. The Bertz CT molecular complexity index is 284. The van der Waals surface area contributed by atoms with Crippen LogP contribution in [0.25, 0.3) is 0 Å². The smallest absolute Gasteiger partial charge is 0.230 e. The second-order valence-corrected chi connectivity index (χ2v) is 2.98. The van der Waals surface area contributed by atoms with Gasteiger partial charge in [0, 0.05) is 0 Å². The van der Waals surface area contributed by atoms with Crippen LogP contribution in [0.3, 0.4) is 0 Å². The van der Waals surface area contributed by atoms with Crippen molar-refractivity contribution in [1.29, 1.82) is 0 Å². The van der Waals surface area contributed by atoms with Crippen LogP contribution in [0, 0.1) is 0 Å². The van der Waals surface area contributed by atoms with Crippen LogP contribution in [0.4, 0.5) is 35.1 Å². The van der Waals surface area contributed by atoms with Gasteiger partial charge < -0.3 is 0 Å². The van der Waals surface area contributed by atoms with Gasteiger partial charge in [-0.05, 0) is 0 Å². The molecule has 0 amide bonds. The van der Waals surface area contributed by atoms with Crippen LogP contribution >= 0.6 is 0 Å². The van der Waals surface area contributed by atoms with Crippen LogP contribution in [-0.2, 0) is 18.9 Å². The Kier molecular flexibility index (Phi) is 2.11. The predicted octanol–water partition coefficient (Wildman–Crippen LogP) is 2.06. The highest BCUT2D eigenvalue weighted by Gasteiger charge is 2.84. The van der Waals surface area contributed by atoms with Crippen LogP contribution in [0.5, 0.6) is 0 Å². The summed E-state index contributed by atoms with van der Waals surface area (Å²) >= 11 is 0. The SMILES string of the molecule is FC1(F)OC2(OC1(F)F)OC(F)(F)C(F)(F)O2. The van der Waals surface area contributed by atoms with E-state index < -0.39 is 30.6 Å². The fourth-order valence-electron chi connectivity index (χ4n) is 0.991. The molecule has 2 aliphatic rings. The summed E-state index contributed by atoms with van der Waals surface area (Å²) in [5.74, 6) is 0. The Morgan fingerprint density at radius 1 is 0.412 bits per heavy atom. The first-order chi connectivity index (χ1) is 7.33. The third kappa shape index (κ3) is 1.58. The summed E-state index contributed by atoms with van der Waals surface area (Å²) in [6.45, 7) is 0. The van der Waals surface area contributed by atoms with Crippen molar-refractivity contribution in [3.8, 4) is 0 Å². The van der Waals surface area contributed by atoms with Crippen molar-refractivity contribution in [2.45, 2.75) is 30.6 Å². The monoisotopic (exact) mass is 276 g/mol. The number of halogens is 8. The zero-order chi connectivity index (χ0) is 13.3. The van der Waals surface area contributed by atoms with E-state index in [0.717, 1.165) is 0 Å². The van der Waals surface area contributed by atoms with Gasteiger partial charge in [0.2, 0.25) is 0 Å². The molecule has 2 aliphatic heterocycles. The first kappa shape index (κ1) is 12.7. The first-order valence-corrected chi connectivity index (χ1v) is 3.64. The normalized spacial score (nSPS) is 35.3. The maximum absolute atomic E-state index is 12.4. The molecule has 0 unspecified atom stereocenters. The van der Waals surface area contributed by atoms with E-state index in [2.05, 4.69) is 18.9 Å². The highest BCUT2D eigenvalue weighted by atomic mass is 19.3. The minimum atomic E-state index is -5.47. The molecular weight excluding hydrogens is 276 g/mol. The van der Waals surface area contributed by atoms with Gasteiger partial charge in [0.1, 0.15) is 0 Å². The zero-order valence-electron chi connectivity index (χ0n) is 7.16. The summed E-state index contributed by atoms with van der Waals surface area (Å²) in [5, 5.41) is 0. The van der Waals surface area contributed by atoms with Gasteiger partial charge in [0.15, 0.2) is 0 Å². The van der Waals surface area contributed by atoms with Gasteiger partial charge >= 0.3 is 30.6 Å². The molecule has 0 saturated carbocycles. The summed E-state index contributed by atoms with van der Waals surface area (Å²) in [4.78, 5) is 0. The number of rotatable bonds is 0. The Hall–Kier alpha value is -0.720. The van der Waals surface area contributed by atoms with Crippen molar-refractivity contribution in [2.24, 2.45) is 0 Å². The molecule has 0 aromatic heterocycles. The summed E-state index contributed by atoms with van der Waals surface area (Å²) < 4.78 is 110. The van der Waals surface area contributed by atoms with Gasteiger partial charge in [-0.25, -0.2) is 18.9 Å². The van der Waals surface area contributed by atoms with E-state index in [4.69, 9.17) is 0 Å². The molecule has 0 radical (unpaired) electrons. The molecule has 4 nitrogen and oxygen atoms in total. The van der Waals surface area contributed by atoms with Gasteiger partial charge in [-0.15, -0.1) is 0 Å². The predicted molar refractivity (Wildman–Crippen MR) is 26.9 cm³/mol. The lowest BCUT2D eigenvalue weighted by Crippen LogP contribution is -2.36. The van der Waals surface area contributed by atoms with Crippen molar-refractivity contribution in [1.82, 2.24) is 0 Å². The van der Waals surface area contributed by atoms with E-state index in [-0.39, 0.29) is 0 Å². The lowest BCUT2D eigenvalue weighted by Gasteiger charge is -2.16. The summed E-state index contributed by atoms with van der Waals surface area (Å²) in [5.41, 5.74) is 0. The minimum absolute atomic E-state index is 2.87. The van der Waals surface area contributed by atoms with E-state index in [1.807, 2.05) is 0 Å². The summed E-state index contributed by atoms with van der Waals surface area (Å²) in [6.07, 6.45) is -26.2. The Balaban J connectivity index is 2.33. The minimum Gasteiger partial charge on any atom is -0.230 e. The Morgan fingerprint density at radius 2 is 0.588 bits per heavy atom. The third-order valence-electron chi connectivity index (χ3n) is 1.69. The fourth-order valence-corrected chi connectivity index (χ4v) is 0.991. The number of alkyl halides is 8. The molecule has 0 atom stereocenters. The van der Waals surface area contributed by atoms with Crippen molar-refractivity contribution >= 4 is 0 Å². The second kappa shape index (κ2) is 2.81. The average molecular weight is 276 g/mol. The standard InChI is InChI=1S/C5F8O4/c6-1(7)2(8,9)15-5(14-1)16-3(10,11)4(12,13)17-5. The number of hydrogen-bond acceptors (Lipinski definition) is 4. The van der Waals surface area contributed by atoms with Crippen LogP contribution in [0.2, 0.25) is 0 Å². The summed E-state index contributed by atoms with van der Waals surface area (Å²) in [7, 11) is 0. The molecule has 0 aliphatic carbocycles. The third-order valence-corrected chi connectivity index (χ3v) is 1.69. The lowest BCUT2D eigenvalue weighted by atomic mass is 10.6. The van der Waals surface area contributed by atoms with Crippen LogP contribution in [0.1, 0.15) is 0 Å². The molecule has 2 fully saturated rings. The van der Waals surface area contributed by atoms with Crippen molar-refractivity contribution in [2.75, 3.05) is 0 Å². The maximum Gasteiger partial charge on any atom is 0.454 e. The van der Waals surface area contributed by atoms with Gasteiger partial charge in [-0.3, -0.25) is 0 Å². The van der Waals surface area contributed by atoms with Crippen molar-refractivity contribution in [3.63, 3.8) is 0 Å². The van der Waals surface area contributed by atoms with Gasteiger partial charge in [-0.2, -0.15) is 35.1 Å². The highest BCUT2D eigenvalue weighted by molar-refractivity contribution is 4.83. The molecule has 2 saturated heterocycles. The molecule has 0 aromatic carbocycles. The maximum atomic E-state index is 12.4. The van der Waals surface area contributed by atoms with Crippen LogP contribution < -0.4 is 0 Å². The van der Waals surface area contributed by atoms with E-state index in [0.29, 0.717) is 0 Å². The Labute approximate surface area is 86.0 Å². The zero-order valence-corrected chi connectivity index (χ0v) is 7.16. The van der Waals surface area contributed by atoms with Crippen LogP contribution in [0.15, 0.2) is 0 Å². The molecule has 2 heterocycles. The van der Waals surface area contributed by atoms with Gasteiger partial charge in [0.25, 0.3) is 0 Å². The van der Waals surface area contributed by atoms with E-state index in [9.17, 15) is 35.1 Å². The van der Waals surface area contributed by atoms with E-state index >= 15 is 0 Å². The largest absolute Gasteiger partial charge is 0.454 e. The van der Waals surface area contributed by atoms with Crippen molar-refractivity contribution < 1.29 is 54.1 Å². The van der Waals surface area contributed by atoms with E-state index in [1.54, 1.807) is 0 Å². The highest BCUT2D eigenvalue weighted by Crippen LogP contribution is 2.58.